The molecule has 0 saturated carbocycles. The minimum atomic E-state index is -0.893. The van der Waals surface area contributed by atoms with Gasteiger partial charge in [0, 0.05) is 10.6 Å². The highest BCUT2D eigenvalue weighted by atomic mass is 35.5. The van der Waals surface area contributed by atoms with E-state index in [1.54, 1.807) is 24.3 Å². The highest BCUT2D eigenvalue weighted by molar-refractivity contribution is 6.46. The molecule has 2 aromatic rings. The molecule has 0 heterocycles. The minimum absolute atomic E-state index is 0.0835. The van der Waals surface area contributed by atoms with Gasteiger partial charge in [-0.15, -0.1) is 0 Å². The van der Waals surface area contributed by atoms with E-state index in [1.165, 1.54) is 12.1 Å². The Balaban J connectivity index is 2.15. The largest absolute Gasteiger partial charge is 0.317 e. The Bertz CT molecular complexity index is 668. The molecule has 0 fully saturated rings. The Morgan fingerprint density at radius 1 is 1.10 bits per heavy atom. The first-order valence-corrected chi connectivity index (χ1v) is 6.22. The maximum Gasteiger partial charge on any atom is 0.296 e. The van der Waals surface area contributed by atoms with Gasteiger partial charge in [-0.05, 0) is 25.1 Å². The summed E-state index contributed by atoms with van der Waals surface area (Å²) in [7, 11) is 0. The van der Waals surface area contributed by atoms with E-state index < -0.39 is 17.5 Å². The number of hydrogen-bond donors (Lipinski definition) is 1. The number of aryl methyl sites for hydroxylation is 1. The predicted molar refractivity (Wildman–Crippen MR) is 75.5 cm³/mol. The van der Waals surface area contributed by atoms with E-state index in [-0.39, 0.29) is 16.3 Å². The number of hydrogen-bond acceptors (Lipinski definition) is 2. The van der Waals surface area contributed by atoms with Crippen LogP contribution < -0.4 is 5.32 Å². The van der Waals surface area contributed by atoms with Gasteiger partial charge in [-0.25, -0.2) is 4.39 Å². The molecular formula is C15H11ClFNO2. The van der Waals surface area contributed by atoms with Gasteiger partial charge < -0.3 is 5.32 Å². The first kappa shape index (κ1) is 14.2. The number of carbonyl (C=O) groups excluding carboxylic acids is 2. The van der Waals surface area contributed by atoms with Crippen LogP contribution in [0.4, 0.5) is 10.1 Å². The first-order chi connectivity index (χ1) is 9.47. The molecule has 0 unspecified atom stereocenters. The molecule has 0 radical (unpaired) electrons. The van der Waals surface area contributed by atoms with E-state index in [2.05, 4.69) is 5.32 Å². The van der Waals surface area contributed by atoms with Crippen molar-refractivity contribution in [2.45, 2.75) is 6.92 Å². The zero-order chi connectivity index (χ0) is 14.7. The van der Waals surface area contributed by atoms with Crippen molar-refractivity contribution in [2.75, 3.05) is 5.32 Å². The molecule has 0 aliphatic rings. The number of benzene rings is 2. The average Bonchev–Trinajstić information content (AvgIpc) is 2.42. The SMILES string of the molecule is Cc1ccc(C(=O)C(=O)Nc2ccc(Cl)cc2F)cc1. The third-order valence-electron chi connectivity index (χ3n) is 2.70. The predicted octanol–water partition coefficient (Wildman–Crippen LogP) is 3.61. The van der Waals surface area contributed by atoms with E-state index in [1.807, 2.05) is 6.92 Å². The number of rotatable bonds is 3. The quantitative estimate of drug-likeness (QED) is 0.693. The van der Waals surface area contributed by atoms with Crippen molar-refractivity contribution in [2.24, 2.45) is 0 Å². The molecular weight excluding hydrogens is 281 g/mol. The summed E-state index contributed by atoms with van der Waals surface area (Å²) in [6.45, 7) is 1.87. The van der Waals surface area contributed by atoms with Crippen LogP contribution >= 0.6 is 11.6 Å². The van der Waals surface area contributed by atoms with Gasteiger partial charge in [0.1, 0.15) is 5.82 Å². The molecule has 0 aromatic heterocycles. The maximum absolute atomic E-state index is 13.5. The second-order valence-electron chi connectivity index (χ2n) is 4.27. The van der Waals surface area contributed by atoms with Gasteiger partial charge >= 0.3 is 0 Å². The van der Waals surface area contributed by atoms with Crippen LogP contribution in [0, 0.1) is 12.7 Å². The molecule has 0 atom stereocenters. The van der Waals surface area contributed by atoms with Crippen LogP contribution in [0.3, 0.4) is 0 Å². The van der Waals surface area contributed by atoms with E-state index >= 15 is 0 Å². The lowest BCUT2D eigenvalue weighted by Gasteiger charge is -2.06. The summed E-state index contributed by atoms with van der Waals surface area (Å²) < 4.78 is 13.5. The molecule has 0 spiro atoms. The average molecular weight is 292 g/mol. The summed E-state index contributed by atoms with van der Waals surface area (Å²) in [5.74, 6) is -2.31. The number of Topliss-reactive ketones (excluding diaryl/α,β-unsaturated/α-hetero) is 1. The molecule has 20 heavy (non-hydrogen) atoms. The minimum Gasteiger partial charge on any atom is -0.317 e. The van der Waals surface area contributed by atoms with Gasteiger partial charge in [0.05, 0.1) is 5.69 Å². The summed E-state index contributed by atoms with van der Waals surface area (Å²) in [5, 5.41) is 2.44. The molecule has 2 aromatic carbocycles. The molecule has 1 amide bonds. The van der Waals surface area contributed by atoms with Crippen molar-refractivity contribution in [3.05, 3.63) is 64.4 Å². The van der Waals surface area contributed by atoms with E-state index in [0.29, 0.717) is 0 Å². The van der Waals surface area contributed by atoms with Crippen LogP contribution in [-0.4, -0.2) is 11.7 Å². The first-order valence-electron chi connectivity index (χ1n) is 5.85. The van der Waals surface area contributed by atoms with Crippen LogP contribution in [0.5, 0.6) is 0 Å². The molecule has 102 valence electrons. The molecule has 2 rings (SSSR count). The fourth-order valence-corrected chi connectivity index (χ4v) is 1.76. The van der Waals surface area contributed by atoms with Crippen LogP contribution in [0.1, 0.15) is 15.9 Å². The summed E-state index contributed by atoms with van der Waals surface area (Å²) in [5.41, 5.74) is 1.15. The van der Waals surface area contributed by atoms with Crippen molar-refractivity contribution in [3.8, 4) is 0 Å². The smallest absolute Gasteiger partial charge is 0.296 e. The highest BCUT2D eigenvalue weighted by Gasteiger charge is 2.17. The summed E-state index contributed by atoms with van der Waals surface area (Å²) in [6, 6.07) is 10.3. The van der Waals surface area contributed by atoms with Gasteiger partial charge in [-0.2, -0.15) is 0 Å². The Hall–Kier alpha value is -2.20. The number of ketones is 1. The Labute approximate surface area is 120 Å². The summed E-state index contributed by atoms with van der Waals surface area (Å²) in [4.78, 5) is 23.7. The van der Waals surface area contributed by atoms with Crippen LogP contribution in [0.2, 0.25) is 5.02 Å². The molecule has 5 heteroatoms. The van der Waals surface area contributed by atoms with Crippen molar-refractivity contribution in [1.29, 1.82) is 0 Å². The van der Waals surface area contributed by atoms with Crippen molar-refractivity contribution >= 4 is 29.0 Å². The molecule has 0 aliphatic heterocycles. The number of amides is 1. The standard InChI is InChI=1S/C15H11ClFNO2/c1-9-2-4-10(5-3-9)14(19)15(20)18-13-7-6-11(16)8-12(13)17/h2-8H,1H3,(H,18,20). The third-order valence-corrected chi connectivity index (χ3v) is 2.93. The lowest BCUT2D eigenvalue weighted by atomic mass is 10.1. The fraction of sp³-hybridized carbons (Fsp3) is 0.0667. The van der Waals surface area contributed by atoms with Crippen LogP contribution in [0.15, 0.2) is 42.5 Å². The van der Waals surface area contributed by atoms with Crippen molar-refractivity contribution < 1.29 is 14.0 Å². The lowest BCUT2D eigenvalue weighted by molar-refractivity contribution is -0.112. The van der Waals surface area contributed by atoms with E-state index in [4.69, 9.17) is 11.6 Å². The second-order valence-corrected chi connectivity index (χ2v) is 4.71. The van der Waals surface area contributed by atoms with E-state index in [0.717, 1.165) is 11.6 Å². The number of anilines is 1. The van der Waals surface area contributed by atoms with E-state index in [9.17, 15) is 14.0 Å². The normalized spacial score (nSPS) is 10.2. The van der Waals surface area contributed by atoms with Gasteiger partial charge in [-0.1, -0.05) is 41.4 Å². The van der Waals surface area contributed by atoms with Crippen LogP contribution in [0.25, 0.3) is 0 Å². The Kier molecular flexibility index (Phi) is 4.15. The van der Waals surface area contributed by atoms with Gasteiger partial charge in [0.25, 0.3) is 11.7 Å². The number of halogens is 2. The fourth-order valence-electron chi connectivity index (χ4n) is 1.61. The van der Waals surface area contributed by atoms with Crippen molar-refractivity contribution in [1.82, 2.24) is 0 Å². The number of nitrogens with one attached hydrogen (secondary N) is 1. The summed E-state index contributed by atoms with van der Waals surface area (Å²) in [6.07, 6.45) is 0. The molecule has 0 saturated heterocycles. The second kappa shape index (κ2) is 5.84. The monoisotopic (exact) mass is 291 g/mol. The molecule has 1 N–H and O–H groups in total. The van der Waals surface area contributed by atoms with Crippen molar-refractivity contribution in [3.63, 3.8) is 0 Å². The molecule has 3 nitrogen and oxygen atoms in total. The molecule has 0 aliphatic carbocycles. The zero-order valence-electron chi connectivity index (χ0n) is 10.6. The summed E-state index contributed by atoms with van der Waals surface area (Å²) >= 11 is 5.61. The lowest BCUT2D eigenvalue weighted by Crippen LogP contribution is -2.23. The third kappa shape index (κ3) is 3.22. The van der Waals surface area contributed by atoms with Gasteiger partial charge in [0.15, 0.2) is 0 Å². The van der Waals surface area contributed by atoms with Crippen LogP contribution in [-0.2, 0) is 4.79 Å². The number of carbonyl (C=O) groups is 2. The molecule has 0 bridgehead atoms. The zero-order valence-corrected chi connectivity index (χ0v) is 11.4. The maximum atomic E-state index is 13.5. The topological polar surface area (TPSA) is 46.2 Å². The van der Waals surface area contributed by atoms with Gasteiger partial charge in [-0.3, -0.25) is 9.59 Å². The highest BCUT2D eigenvalue weighted by Crippen LogP contribution is 2.19. The Morgan fingerprint density at radius 2 is 1.75 bits per heavy atom. The van der Waals surface area contributed by atoms with Gasteiger partial charge in [0.2, 0.25) is 0 Å². The Morgan fingerprint density at radius 3 is 2.35 bits per heavy atom.